The number of aliphatic hydroxyl groups excluding tert-OH is 1. The molecule has 1 aromatic carbocycles. The molecule has 1 amide bonds. The number of amides is 1. The Morgan fingerprint density at radius 3 is 2.44 bits per heavy atom. The van der Waals surface area contributed by atoms with Crippen molar-refractivity contribution >= 4 is 5.91 Å². The molecule has 0 spiro atoms. The van der Waals surface area contributed by atoms with Gasteiger partial charge in [-0.25, -0.2) is 0 Å². The monoisotopic (exact) mass is 247 g/mol. The summed E-state index contributed by atoms with van der Waals surface area (Å²) in [5.74, 6) is 0.0893. The standard InChI is InChI=1S/C15H21NO2/c1-2-11-3-5-12(6-4-11)7-8-15(18)16-13-9-14(17)10-13/h3-6,13-14,17H,2,7-10H2,1H3,(H,16,18). The predicted molar refractivity (Wildman–Crippen MR) is 71.3 cm³/mol. The largest absolute Gasteiger partial charge is 0.393 e. The van der Waals surface area contributed by atoms with E-state index in [4.69, 9.17) is 5.11 Å². The van der Waals surface area contributed by atoms with Crippen LogP contribution in [-0.4, -0.2) is 23.2 Å². The van der Waals surface area contributed by atoms with Gasteiger partial charge in [-0.3, -0.25) is 4.79 Å². The highest BCUT2D eigenvalue weighted by molar-refractivity contribution is 5.76. The summed E-state index contributed by atoms with van der Waals surface area (Å²) >= 11 is 0. The first kappa shape index (κ1) is 13.1. The lowest BCUT2D eigenvalue weighted by molar-refractivity contribution is -0.123. The van der Waals surface area contributed by atoms with Gasteiger partial charge in [0.1, 0.15) is 0 Å². The van der Waals surface area contributed by atoms with E-state index in [1.807, 2.05) is 0 Å². The summed E-state index contributed by atoms with van der Waals surface area (Å²) in [7, 11) is 0. The van der Waals surface area contributed by atoms with E-state index >= 15 is 0 Å². The molecule has 1 saturated carbocycles. The van der Waals surface area contributed by atoms with E-state index in [-0.39, 0.29) is 18.1 Å². The molecule has 1 aliphatic carbocycles. The molecular weight excluding hydrogens is 226 g/mol. The van der Waals surface area contributed by atoms with Crippen LogP contribution in [-0.2, 0) is 17.6 Å². The highest BCUT2D eigenvalue weighted by Gasteiger charge is 2.27. The summed E-state index contributed by atoms with van der Waals surface area (Å²) in [6.07, 6.45) is 3.55. The van der Waals surface area contributed by atoms with E-state index in [0.29, 0.717) is 19.3 Å². The molecule has 0 radical (unpaired) electrons. The Morgan fingerprint density at radius 1 is 1.28 bits per heavy atom. The van der Waals surface area contributed by atoms with E-state index in [1.54, 1.807) is 0 Å². The molecule has 0 heterocycles. The van der Waals surface area contributed by atoms with E-state index in [2.05, 4.69) is 36.5 Å². The van der Waals surface area contributed by atoms with Crippen LogP contribution >= 0.6 is 0 Å². The van der Waals surface area contributed by atoms with Gasteiger partial charge >= 0.3 is 0 Å². The van der Waals surface area contributed by atoms with Crippen molar-refractivity contribution in [1.82, 2.24) is 5.32 Å². The van der Waals surface area contributed by atoms with Crippen LogP contribution in [0.1, 0.15) is 37.3 Å². The van der Waals surface area contributed by atoms with Gasteiger partial charge in [0.25, 0.3) is 0 Å². The zero-order chi connectivity index (χ0) is 13.0. The Morgan fingerprint density at radius 2 is 1.89 bits per heavy atom. The molecule has 0 aliphatic heterocycles. The average molecular weight is 247 g/mol. The number of hydrogen-bond donors (Lipinski definition) is 2. The fourth-order valence-corrected chi connectivity index (χ4v) is 2.21. The first-order valence-electron chi connectivity index (χ1n) is 6.72. The number of benzene rings is 1. The smallest absolute Gasteiger partial charge is 0.220 e. The number of aliphatic hydroxyl groups is 1. The molecular formula is C15H21NO2. The first-order chi connectivity index (χ1) is 8.67. The molecule has 3 heteroatoms. The molecule has 1 fully saturated rings. The normalized spacial score (nSPS) is 22.3. The quantitative estimate of drug-likeness (QED) is 0.834. The molecule has 0 bridgehead atoms. The minimum Gasteiger partial charge on any atom is -0.393 e. The second-order valence-corrected chi connectivity index (χ2v) is 5.06. The maximum absolute atomic E-state index is 11.7. The van der Waals surface area contributed by atoms with Gasteiger partial charge in [-0.15, -0.1) is 0 Å². The highest BCUT2D eigenvalue weighted by atomic mass is 16.3. The summed E-state index contributed by atoms with van der Waals surface area (Å²) in [5, 5.41) is 12.1. The molecule has 2 N–H and O–H groups in total. The van der Waals surface area contributed by atoms with Crippen molar-refractivity contribution in [2.24, 2.45) is 0 Å². The first-order valence-corrected chi connectivity index (χ1v) is 6.72. The van der Waals surface area contributed by atoms with Crippen LogP contribution in [0.15, 0.2) is 24.3 Å². The Bertz CT molecular complexity index is 393. The fraction of sp³-hybridized carbons (Fsp3) is 0.533. The maximum atomic E-state index is 11.7. The van der Waals surface area contributed by atoms with E-state index in [9.17, 15) is 4.79 Å². The number of nitrogens with one attached hydrogen (secondary N) is 1. The zero-order valence-corrected chi connectivity index (χ0v) is 10.9. The minimum atomic E-state index is -0.211. The summed E-state index contributed by atoms with van der Waals surface area (Å²) in [5.41, 5.74) is 2.53. The third-order valence-corrected chi connectivity index (χ3v) is 3.55. The molecule has 0 atom stereocenters. The fourth-order valence-electron chi connectivity index (χ4n) is 2.21. The number of carbonyl (C=O) groups is 1. The lowest BCUT2D eigenvalue weighted by atomic mass is 9.89. The summed E-state index contributed by atoms with van der Waals surface area (Å²) in [6, 6.07) is 8.62. The lowest BCUT2D eigenvalue weighted by Crippen LogP contribution is -2.46. The summed E-state index contributed by atoms with van der Waals surface area (Å²) in [6.45, 7) is 2.13. The van der Waals surface area contributed by atoms with Gasteiger partial charge in [-0.1, -0.05) is 31.2 Å². The number of carbonyl (C=O) groups excluding carboxylic acids is 1. The summed E-state index contributed by atoms with van der Waals surface area (Å²) < 4.78 is 0. The maximum Gasteiger partial charge on any atom is 0.220 e. The topological polar surface area (TPSA) is 49.3 Å². The van der Waals surface area contributed by atoms with Crippen LogP contribution in [0.5, 0.6) is 0 Å². The van der Waals surface area contributed by atoms with Crippen molar-refractivity contribution in [3.63, 3.8) is 0 Å². The Kier molecular flexibility index (Phi) is 4.37. The van der Waals surface area contributed by atoms with Gasteiger partial charge in [0, 0.05) is 12.5 Å². The van der Waals surface area contributed by atoms with Gasteiger partial charge in [-0.2, -0.15) is 0 Å². The Balaban J connectivity index is 1.71. The lowest BCUT2D eigenvalue weighted by Gasteiger charge is -2.31. The SMILES string of the molecule is CCc1ccc(CCC(=O)NC2CC(O)C2)cc1. The molecule has 98 valence electrons. The van der Waals surface area contributed by atoms with Crippen molar-refractivity contribution in [1.29, 1.82) is 0 Å². The Labute approximate surface area is 108 Å². The molecule has 0 saturated heterocycles. The average Bonchev–Trinajstić information content (AvgIpc) is 2.35. The zero-order valence-electron chi connectivity index (χ0n) is 10.9. The Hall–Kier alpha value is -1.35. The van der Waals surface area contributed by atoms with Gasteiger partial charge in [-0.05, 0) is 36.8 Å². The van der Waals surface area contributed by atoms with Gasteiger partial charge < -0.3 is 10.4 Å². The van der Waals surface area contributed by atoms with Crippen LogP contribution < -0.4 is 5.32 Å². The van der Waals surface area contributed by atoms with E-state index in [1.165, 1.54) is 11.1 Å². The van der Waals surface area contributed by atoms with Crippen molar-refractivity contribution < 1.29 is 9.90 Å². The van der Waals surface area contributed by atoms with Crippen LogP contribution in [0.3, 0.4) is 0 Å². The molecule has 2 rings (SSSR count). The van der Waals surface area contributed by atoms with Gasteiger partial charge in [0.05, 0.1) is 6.10 Å². The molecule has 18 heavy (non-hydrogen) atoms. The third-order valence-electron chi connectivity index (χ3n) is 3.55. The number of aryl methyl sites for hydroxylation is 2. The highest BCUT2D eigenvalue weighted by Crippen LogP contribution is 2.19. The third kappa shape index (κ3) is 3.57. The van der Waals surface area contributed by atoms with Gasteiger partial charge in [0.2, 0.25) is 5.91 Å². The molecule has 1 aromatic rings. The summed E-state index contributed by atoms with van der Waals surface area (Å²) in [4.78, 5) is 11.7. The van der Waals surface area contributed by atoms with Crippen molar-refractivity contribution in [2.45, 2.75) is 51.2 Å². The molecule has 0 unspecified atom stereocenters. The van der Waals surface area contributed by atoms with Crippen molar-refractivity contribution in [3.05, 3.63) is 35.4 Å². The predicted octanol–water partition coefficient (Wildman–Crippen LogP) is 1.82. The molecule has 0 aromatic heterocycles. The van der Waals surface area contributed by atoms with Crippen LogP contribution in [0, 0.1) is 0 Å². The van der Waals surface area contributed by atoms with Crippen molar-refractivity contribution in [3.8, 4) is 0 Å². The molecule has 3 nitrogen and oxygen atoms in total. The second-order valence-electron chi connectivity index (χ2n) is 5.06. The number of rotatable bonds is 5. The van der Waals surface area contributed by atoms with E-state index < -0.39 is 0 Å². The second kappa shape index (κ2) is 6.01. The van der Waals surface area contributed by atoms with E-state index in [0.717, 1.165) is 12.8 Å². The van der Waals surface area contributed by atoms with Crippen molar-refractivity contribution in [2.75, 3.05) is 0 Å². The van der Waals surface area contributed by atoms with Crippen LogP contribution in [0.25, 0.3) is 0 Å². The van der Waals surface area contributed by atoms with Crippen LogP contribution in [0.4, 0.5) is 0 Å². The van der Waals surface area contributed by atoms with Gasteiger partial charge in [0.15, 0.2) is 0 Å². The van der Waals surface area contributed by atoms with Crippen LogP contribution in [0.2, 0.25) is 0 Å². The molecule has 1 aliphatic rings. The minimum absolute atomic E-state index is 0.0893. The number of hydrogen-bond acceptors (Lipinski definition) is 2.